The van der Waals surface area contributed by atoms with Crippen LogP contribution in [0.3, 0.4) is 0 Å². The van der Waals surface area contributed by atoms with E-state index in [1.54, 1.807) is 12.6 Å². The fraction of sp³-hybridized carbons (Fsp3) is 0.250. The van der Waals surface area contributed by atoms with Gasteiger partial charge in [-0.05, 0) is 6.92 Å². The maximum Gasteiger partial charge on any atom is 0.288 e. The molecule has 8 nitrogen and oxygen atoms in total. The summed E-state index contributed by atoms with van der Waals surface area (Å²) in [6.07, 6.45) is 1.03. The Balaban J connectivity index is 2.25. The lowest BCUT2D eigenvalue weighted by Gasteiger charge is -2.17. The van der Waals surface area contributed by atoms with Crippen LogP contribution >= 0.6 is 11.3 Å². The van der Waals surface area contributed by atoms with E-state index in [-0.39, 0.29) is 17.1 Å². The van der Waals surface area contributed by atoms with Crippen molar-refractivity contribution in [2.45, 2.75) is 13.5 Å². The Bertz CT molecular complexity index is 700. The van der Waals surface area contributed by atoms with E-state index in [0.29, 0.717) is 6.54 Å². The molecule has 2 heterocycles. The third kappa shape index (κ3) is 3.14. The summed E-state index contributed by atoms with van der Waals surface area (Å²) in [5, 5.41) is 10.8. The van der Waals surface area contributed by atoms with Crippen LogP contribution in [0.25, 0.3) is 0 Å². The molecule has 2 N–H and O–H groups in total. The molecule has 9 heteroatoms. The average molecular weight is 307 g/mol. The van der Waals surface area contributed by atoms with Crippen LogP contribution in [0.2, 0.25) is 0 Å². The lowest BCUT2D eigenvalue weighted by molar-refractivity contribution is -0.385. The monoisotopic (exact) mass is 307 g/mol. The molecule has 0 radical (unpaired) electrons. The van der Waals surface area contributed by atoms with Crippen LogP contribution in [0.1, 0.15) is 20.9 Å². The zero-order valence-electron chi connectivity index (χ0n) is 11.4. The van der Waals surface area contributed by atoms with Crippen LogP contribution in [0, 0.1) is 17.0 Å². The van der Waals surface area contributed by atoms with Gasteiger partial charge in [0.15, 0.2) is 0 Å². The summed E-state index contributed by atoms with van der Waals surface area (Å²) in [6, 6.07) is 1.14. The van der Waals surface area contributed by atoms with Crippen molar-refractivity contribution in [1.82, 2.24) is 14.9 Å². The van der Waals surface area contributed by atoms with Gasteiger partial charge in [0.1, 0.15) is 12.0 Å². The predicted molar refractivity (Wildman–Crippen MR) is 78.0 cm³/mol. The Morgan fingerprint density at radius 1 is 1.52 bits per heavy atom. The Labute approximate surface area is 124 Å². The Kier molecular flexibility index (Phi) is 4.13. The van der Waals surface area contributed by atoms with Crippen molar-refractivity contribution in [3.63, 3.8) is 0 Å². The first-order valence-corrected chi connectivity index (χ1v) is 6.82. The zero-order valence-corrected chi connectivity index (χ0v) is 12.3. The number of aryl methyl sites for hydroxylation is 1. The van der Waals surface area contributed by atoms with Crippen molar-refractivity contribution in [2.24, 2.45) is 0 Å². The van der Waals surface area contributed by atoms with Gasteiger partial charge in [-0.2, -0.15) is 0 Å². The molecular formula is C12H13N5O3S. The molecule has 2 aromatic rings. The Morgan fingerprint density at radius 3 is 2.81 bits per heavy atom. The van der Waals surface area contributed by atoms with E-state index in [9.17, 15) is 14.9 Å². The Morgan fingerprint density at radius 2 is 2.24 bits per heavy atom. The lowest BCUT2D eigenvalue weighted by Crippen LogP contribution is -2.27. The van der Waals surface area contributed by atoms with Crippen molar-refractivity contribution in [2.75, 3.05) is 12.8 Å². The normalized spacial score (nSPS) is 10.4. The van der Waals surface area contributed by atoms with Gasteiger partial charge in [0.2, 0.25) is 0 Å². The van der Waals surface area contributed by atoms with Crippen molar-refractivity contribution in [3.8, 4) is 0 Å². The highest BCUT2D eigenvalue weighted by atomic mass is 32.1. The molecule has 0 aliphatic rings. The molecule has 110 valence electrons. The molecule has 0 unspecified atom stereocenters. The van der Waals surface area contributed by atoms with Gasteiger partial charge in [0.05, 0.1) is 28.2 Å². The van der Waals surface area contributed by atoms with E-state index in [4.69, 9.17) is 5.73 Å². The number of hydrogen-bond acceptors (Lipinski definition) is 7. The van der Waals surface area contributed by atoms with Crippen LogP contribution in [-0.4, -0.2) is 32.7 Å². The van der Waals surface area contributed by atoms with Crippen LogP contribution in [0.4, 0.5) is 11.5 Å². The Hall–Kier alpha value is -2.55. The molecule has 2 aromatic heterocycles. The van der Waals surface area contributed by atoms with Crippen molar-refractivity contribution in [1.29, 1.82) is 0 Å². The maximum atomic E-state index is 12.3. The fourth-order valence-electron chi connectivity index (χ4n) is 1.71. The van der Waals surface area contributed by atoms with Crippen LogP contribution < -0.4 is 5.73 Å². The molecule has 0 saturated carbocycles. The van der Waals surface area contributed by atoms with Crippen LogP contribution in [-0.2, 0) is 6.54 Å². The molecule has 0 saturated heterocycles. The molecule has 0 spiro atoms. The van der Waals surface area contributed by atoms with Gasteiger partial charge < -0.3 is 10.6 Å². The molecule has 0 bridgehead atoms. The van der Waals surface area contributed by atoms with E-state index in [0.717, 1.165) is 22.8 Å². The van der Waals surface area contributed by atoms with Gasteiger partial charge in [-0.1, -0.05) is 0 Å². The molecule has 1 amide bonds. The van der Waals surface area contributed by atoms with E-state index in [1.807, 2.05) is 6.92 Å². The second-order valence-electron chi connectivity index (χ2n) is 4.41. The molecular weight excluding hydrogens is 294 g/mol. The van der Waals surface area contributed by atoms with E-state index in [1.165, 1.54) is 16.2 Å². The first kappa shape index (κ1) is 14.9. The summed E-state index contributed by atoms with van der Waals surface area (Å²) in [6.45, 7) is 2.21. The van der Waals surface area contributed by atoms with E-state index in [2.05, 4.69) is 9.97 Å². The third-order valence-electron chi connectivity index (χ3n) is 2.92. The van der Waals surface area contributed by atoms with E-state index >= 15 is 0 Å². The minimum Gasteiger partial charge on any atom is -0.383 e. The molecule has 0 atom stereocenters. The molecule has 0 aliphatic carbocycles. The van der Waals surface area contributed by atoms with Crippen molar-refractivity contribution < 1.29 is 9.72 Å². The SMILES string of the molecule is Cc1ncsc1CN(C)C(=O)c1cc([N+](=O)[O-])cnc1N. The minimum atomic E-state index is -0.615. The highest BCUT2D eigenvalue weighted by molar-refractivity contribution is 7.09. The summed E-state index contributed by atoms with van der Waals surface area (Å²) in [7, 11) is 1.60. The highest BCUT2D eigenvalue weighted by Crippen LogP contribution is 2.20. The number of nitrogens with two attached hydrogens (primary N) is 1. The van der Waals surface area contributed by atoms with E-state index < -0.39 is 10.8 Å². The second kappa shape index (κ2) is 5.83. The van der Waals surface area contributed by atoms with Gasteiger partial charge >= 0.3 is 0 Å². The van der Waals surface area contributed by atoms with Crippen molar-refractivity contribution in [3.05, 3.63) is 44.0 Å². The molecule has 0 aromatic carbocycles. The molecule has 0 fully saturated rings. The zero-order chi connectivity index (χ0) is 15.6. The summed E-state index contributed by atoms with van der Waals surface area (Å²) in [5.74, 6) is -0.449. The lowest BCUT2D eigenvalue weighted by atomic mass is 10.2. The summed E-state index contributed by atoms with van der Waals surface area (Å²) < 4.78 is 0. The number of thiazole rings is 1. The molecule has 0 aliphatic heterocycles. The molecule has 2 rings (SSSR count). The summed E-state index contributed by atoms with van der Waals surface area (Å²) >= 11 is 1.44. The second-order valence-corrected chi connectivity index (χ2v) is 5.34. The largest absolute Gasteiger partial charge is 0.383 e. The first-order valence-electron chi connectivity index (χ1n) is 5.94. The number of rotatable bonds is 4. The summed E-state index contributed by atoms with van der Waals surface area (Å²) in [4.78, 5) is 32.7. The van der Waals surface area contributed by atoms with Gasteiger partial charge in [-0.25, -0.2) is 9.97 Å². The predicted octanol–water partition coefficient (Wildman–Crippen LogP) is 1.61. The number of nitrogen functional groups attached to an aromatic ring is 1. The van der Waals surface area contributed by atoms with Gasteiger partial charge in [-0.15, -0.1) is 11.3 Å². The number of carbonyl (C=O) groups is 1. The van der Waals surface area contributed by atoms with Gasteiger partial charge in [0, 0.05) is 18.0 Å². The van der Waals surface area contributed by atoms with Gasteiger partial charge in [0.25, 0.3) is 11.6 Å². The van der Waals surface area contributed by atoms with Gasteiger partial charge in [-0.3, -0.25) is 14.9 Å². The number of nitro groups is 1. The topological polar surface area (TPSA) is 115 Å². The standard InChI is InChI=1S/C12H13N5O3S/c1-7-10(21-6-15-7)5-16(2)12(18)9-3-8(17(19)20)4-14-11(9)13/h3-4,6H,5H2,1-2H3,(H2,13,14). The third-order valence-corrected chi connectivity index (χ3v) is 3.84. The van der Waals surface area contributed by atoms with Crippen LogP contribution in [0.15, 0.2) is 17.8 Å². The minimum absolute atomic E-state index is 0.0221. The number of nitrogens with zero attached hydrogens (tertiary/aromatic N) is 4. The number of anilines is 1. The average Bonchev–Trinajstić information content (AvgIpc) is 2.83. The quantitative estimate of drug-likeness (QED) is 0.677. The number of carbonyl (C=O) groups excluding carboxylic acids is 1. The number of aromatic nitrogens is 2. The number of hydrogen-bond donors (Lipinski definition) is 1. The maximum absolute atomic E-state index is 12.3. The number of pyridine rings is 1. The first-order chi connectivity index (χ1) is 9.90. The number of amides is 1. The smallest absolute Gasteiger partial charge is 0.288 e. The fourth-order valence-corrected chi connectivity index (χ4v) is 2.54. The highest BCUT2D eigenvalue weighted by Gasteiger charge is 2.20. The molecule has 21 heavy (non-hydrogen) atoms. The van der Waals surface area contributed by atoms with Crippen LogP contribution in [0.5, 0.6) is 0 Å². The van der Waals surface area contributed by atoms with Crippen molar-refractivity contribution >= 4 is 28.7 Å². The summed E-state index contributed by atoms with van der Waals surface area (Å²) in [5.41, 5.74) is 7.95.